The lowest BCUT2D eigenvalue weighted by Gasteiger charge is -2.36. The fraction of sp³-hybridized carbons (Fsp3) is 0.500. The average Bonchev–Trinajstić information content (AvgIpc) is 2.89. The number of hydrogen-bond donors (Lipinski definition) is 3. The molecule has 2 aromatic carbocycles. The molecular weight excluding hydrogens is 476 g/mol. The maximum Gasteiger partial charge on any atom is 0.248 e. The number of aryl methyl sites for hydroxylation is 1. The molecule has 1 heterocycles. The minimum Gasteiger partial charge on any atom is -0.374 e. The third-order valence-corrected chi connectivity index (χ3v) is 6.30. The summed E-state index contributed by atoms with van der Waals surface area (Å²) in [5.41, 5.74) is 8.34. The fourth-order valence-electron chi connectivity index (χ4n) is 4.21. The van der Waals surface area contributed by atoms with Crippen LogP contribution in [0.2, 0.25) is 0 Å². The van der Waals surface area contributed by atoms with Crippen molar-refractivity contribution in [3.63, 3.8) is 0 Å². The van der Waals surface area contributed by atoms with Crippen molar-refractivity contribution >= 4 is 23.7 Å². The molecule has 0 radical (unpaired) electrons. The molecule has 2 amide bonds. The van der Waals surface area contributed by atoms with Crippen molar-refractivity contribution in [3.8, 4) is 0 Å². The highest BCUT2D eigenvalue weighted by atomic mass is 19.1. The summed E-state index contributed by atoms with van der Waals surface area (Å²) in [5.74, 6) is -1.30. The number of piperazine rings is 1. The Morgan fingerprint density at radius 1 is 1.03 bits per heavy atom. The monoisotopic (exact) mass is 517 g/mol. The molecule has 0 saturated carbocycles. The highest BCUT2D eigenvalue weighted by Gasteiger charge is 2.18. The van der Waals surface area contributed by atoms with Gasteiger partial charge in [0.1, 0.15) is 17.7 Å². The maximum atomic E-state index is 12.4. The van der Waals surface area contributed by atoms with E-state index in [0.29, 0.717) is 24.8 Å². The van der Waals surface area contributed by atoms with Crippen LogP contribution >= 0.6 is 0 Å². The van der Waals surface area contributed by atoms with Gasteiger partial charge in [-0.2, -0.15) is 0 Å². The van der Waals surface area contributed by atoms with Crippen LogP contribution in [0.25, 0.3) is 0 Å². The number of halogens is 2. The van der Waals surface area contributed by atoms with Gasteiger partial charge in [0.15, 0.2) is 0 Å². The fourth-order valence-corrected chi connectivity index (χ4v) is 4.21. The molecule has 204 valence electrons. The van der Waals surface area contributed by atoms with E-state index in [4.69, 9.17) is 5.73 Å². The van der Waals surface area contributed by atoms with Gasteiger partial charge in [-0.25, -0.2) is 8.78 Å². The molecule has 1 atom stereocenters. The van der Waals surface area contributed by atoms with Gasteiger partial charge in [-0.15, -0.1) is 0 Å². The van der Waals surface area contributed by atoms with Crippen molar-refractivity contribution in [1.82, 2.24) is 10.2 Å². The molecule has 0 spiro atoms. The predicted molar refractivity (Wildman–Crippen MR) is 146 cm³/mol. The molecule has 0 bridgehead atoms. The lowest BCUT2D eigenvalue weighted by Crippen LogP contribution is -2.46. The van der Waals surface area contributed by atoms with Crippen molar-refractivity contribution in [2.45, 2.75) is 52.0 Å². The summed E-state index contributed by atoms with van der Waals surface area (Å²) in [6.07, 6.45) is 4.90. The zero-order valence-corrected chi connectivity index (χ0v) is 22.0. The Morgan fingerprint density at radius 2 is 1.68 bits per heavy atom. The van der Waals surface area contributed by atoms with Gasteiger partial charge < -0.3 is 16.0 Å². The van der Waals surface area contributed by atoms with Crippen LogP contribution in [0, 0.1) is 11.6 Å². The van der Waals surface area contributed by atoms with Crippen molar-refractivity contribution in [1.29, 1.82) is 0 Å². The van der Waals surface area contributed by atoms with Crippen LogP contribution in [-0.2, 0) is 16.0 Å². The van der Waals surface area contributed by atoms with Gasteiger partial charge in [0, 0.05) is 43.6 Å². The van der Waals surface area contributed by atoms with Gasteiger partial charge in [-0.3, -0.25) is 19.8 Å². The van der Waals surface area contributed by atoms with E-state index in [2.05, 4.69) is 32.6 Å². The third-order valence-electron chi connectivity index (χ3n) is 6.30. The minimum atomic E-state index is -0.503. The first-order valence-electron chi connectivity index (χ1n) is 13.1. The molecule has 0 aromatic heterocycles. The lowest BCUT2D eigenvalue weighted by molar-refractivity contribution is -0.125. The molecule has 1 aliphatic heterocycles. The van der Waals surface area contributed by atoms with Crippen molar-refractivity contribution in [3.05, 3.63) is 59.7 Å². The number of imide groups is 1. The summed E-state index contributed by atoms with van der Waals surface area (Å²) in [7, 11) is 0. The van der Waals surface area contributed by atoms with E-state index in [1.807, 2.05) is 26.0 Å². The van der Waals surface area contributed by atoms with Crippen LogP contribution in [0.4, 0.5) is 20.2 Å². The number of nitrogens with one attached hydrogen (secondary N) is 2. The quantitative estimate of drug-likeness (QED) is 0.292. The number of anilines is 2. The molecule has 1 saturated heterocycles. The normalized spacial score (nSPS) is 14.4. The Bertz CT molecular complexity index is 930. The van der Waals surface area contributed by atoms with E-state index >= 15 is 0 Å². The zero-order valence-electron chi connectivity index (χ0n) is 22.0. The number of carbonyl (C=O) groups excluding carboxylic acids is 2. The number of nitrogens with zero attached hydrogens (tertiary/aromatic N) is 2. The molecule has 7 nitrogen and oxygen atoms in total. The van der Waals surface area contributed by atoms with Gasteiger partial charge >= 0.3 is 0 Å². The van der Waals surface area contributed by atoms with Crippen molar-refractivity contribution in [2.24, 2.45) is 5.73 Å². The van der Waals surface area contributed by atoms with E-state index in [0.717, 1.165) is 63.9 Å². The second-order valence-electron chi connectivity index (χ2n) is 9.11. The van der Waals surface area contributed by atoms with E-state index < -0.39 is 17.7 Å². The summed E-state index contributed by atoms with van der Waals surface area (Å²) in [4.78, 5) is 27.4. The molecule has 2 aromatic rings. The Kier molecular flexibility index (Phi) is 13.6. The molecule has 37 heavy (non-hydrogen) atoms. The summed E-state index contributed by atoms with van der Waals surface area (Å²) >= 11 is 0. The van der Waals surface area contributed by atoms with Gasteiger partial charge in [0.2, 0.25) is 12.3 Å². The minimum absolute atomic E-state index is 0.290. The van der Waals surface area contributed by atoms with E-state index in [1.165, 1.54) is 24.2 Å². The van der Waals surface area contributed by atoms with Crippen LogP contribution in [0.15, 0.2) is 42.5 Å². The second kappa shape index (κ2) is 16.7. The smallest absolute Gasteiger partial charge is 0.248 e. The first-order valence-corrected chi connectivity index (χ1v) is 13.1. The number of amides is 2. The van der Waals surface area contributed by atoms with Crippen LogP contribution < -0.4 is 21.3 Å². The van der Waals surface area contributed by atoms with Crippen molar-refractivity contribution in [2.75, 3.05) is 49.5 Å². The third kappa shape index (κ3) is 10.9. The first-order chi connectivity index (χ1) is 17.9. The average molecular weight is 518 g/mol. The Balaban J connectivity index is 0.000000402. The molecule has 0 aliphatic carbocycles. The number of unbranched alkanes of at least 4 members (excludes halogenated alkanes) is 1. The van der Waals surface area contributed by atoms with Crippen LogP contribution in [0.3, 0.4) is 0 Å². The number of rotatable bonds is 12. The standard InChI is InChI=1S/C20H33N5O2.C8H8F2/c1-2-5-19(20(27)22-16-26)23-17-6-8-18(9-7-17)25-14-12-24(13-15-25)11-4-3-10-21;1-2-6-3-7(9)5-8(10)4-6/h6-9,16,19,23H,2-5,10-15,21H2,1H3,(H,22,26,27);3-5H,2H2,1H3. The topological polar surface area (TPSA) is 90.7 Å². The van der Waals surface area contributed by atoms with Gasteiger partial charge in [-0.05, 0) is 80.7 Å². The van der Waals surface area contributed by atoms with E-state index in [-0.39, 0.29) is 5.91 Å². The van der Waals surface area contributed by atoms with Crippen LogP contribution in [0.1, 0.15) is 45.1 Å². The Labute approximate surface area is 219 Å². The predicted octanol–water partition coefficient (Wildman–Crippen LogP) is 3.93. The van der Waals surface area contributed by atoms with E-state index in [9.17, 15) is 18.4 Å². The number of nitrogens with two attached hydrogens (primary N) is 1. The SMILES string of the molecule is CCCC(Nc1ccc(N2CCN(CCCCN)CC2)cc1)C(=O)NC=O.CCc1cc(F)cc(F)c1. The van der Waals surface area contributed by atoms with E-state index in [1.54, 1.807) is 0 Å². The highest BCUT2D eigenvalue weighted by molar-refractivity contribution is 5.91. The zero-order chi connectivity index (χ0) is 27.0. The Hall–Kier alpha value is -3.04. The van der Waals surface area contributed by atoms with Crippen LogP contribution in [-0.4, -0.2) is 62.5 Å². The molecule has 1 fully saturated rings. The molecule has 3 rings (SSSR count). The molecule has 1 unspecified atom stereocenters. The van der Waals surface area contributed by atoms with Crippen LogP contribution in [0.5, 0.6) is 0 Å². The lowest BCUT2D eigenvalue weighted by atomic mass is 10.1. The van der Waals surface area contributed by atoms with Gasteiger partial charge in [0.05, 0.1) is 0 Å². The Morgan fingerprint density at radius 3 is 2.22 bits per heavy atom. The largest absolute Gasteiger partial charge is 0.374 e. The first kappa shape index (κ1) is 30.2. The summed E-state index contributed by atoms with van der Waals surface area (Å²) in [5, 5.41) is 5.46. The number of carbonyl (C=O) groups is 2. The molecular formula is C28H41F2N5O2. The molecule has 4 N–H and O–H groups in total. The number of benzene rings is 2. The molecule has 9 heteroatoms. The summed E-state index contributed by atoms with van der Waals surface area (Å²) < 4.78 is 24.8. The van der Waals surface area contributed by atoms with Gasteiger partial charge in [0.25, 0.3) is 0 Å². The summed E-state index contributed by atoms with van der Waals surface area (Å²) in [6.45, 7) is 9.98. The van der Waals surface area contributed by atoms with Crippen molar-refractivity contribution < 1.29 is 18.4 Å². The number of hydrogen-bond acceptors (Lipinski definition) is 6. The molecule has 1 aliphatic rings. The maximum absolute atomic E-state index is 12.4. The van der Waals surface area contributed by atoms with Gasteiger partial charge in [-0.1, -0.05) is 20.3 Å². The second-order valence-corrected chi connectivity index (χ2v) is 9.11. The summed E-state index contributed by atoms with van der Waals surface area (Å²) in [6, 6.07) is 11.3. The highest BCUT2D eigenvalue weighted by Crippen LogP contribution is 2.21.